The first-order valence-corrected chi connectivity index (χ1v) is 17.8. The van der Waals surface area contributed by atoms with Gasteiger partial charge in [0.05, 0.1) is 22.4 Å². The number of nitrogens with zero attached hydrogens (tertiary/aromatic N) is 2. The first-order chi connectivity index (χ1) is 25.6. The molecule has 0 aliphatic carbocycles. The van der Waals surface area contributed by atoms with Gasteiger partial charge < -0.3 is 0 Å². The van der Waals surface area contributed by atoms with Gasteiger partial charge in [-0.15, -0.1) is 0 Å². The van der Waals surface area contributed by atoms with Crippen molar-refractivity contribution in [1.29, 1.82) is 0 Å². The van der Waals surface area contributed by atoms with E-state index in [0.29, 0.717) is 0 Å². The molecule has 0 atom stereocenters. The maximum Gasteiger partial charge on any atom is 0.0978 e. The molecule has 0 spiro atoms. The minimum atomic E-state index is 0.897. The van der Waals surface area contributed by atoms with Gasteiger partial charge in [0.2, 0.25) is 0 Å². The second-order valence-corrected chi connectivity index (χ2v) is 13.5. The van der Waals surface area contributed by atoms with Gasteiger partial charge in [-0.2, -0.15) is 0 Å². The van der Waals surface area contributed by atoms with Crippen molar-refractivity contribution in [1.82, 2.24) is 9.97 Å². The maximum absolute atomic E-state index is 5.55. The lowest BCUT2D eigenvalue weighted by Crippen LogP contribution is -1.97. The van der Waals surface area contributed by atoms with E-state index < -0.39 is 0 Å². The highest BCUT2D eigenvalue weighted by molar-refractivity contribution is 6.13. The van der Waals surface area contributed by atoms with Gasteiger partial charge in [-0.1, -0.05) is 158 Å². The Hall–Kier alpha value is -6.64. The van der Waals surface area contributed by atoms with Crippen molar-refractivity contribution in [2.45, 2.75) is 13.8 Å². The van der Waals surface area contributed by atoms with E-state index in [1.54, 1.807) is 0 Å². The van der Waals surface area contributed by atoms with Gasteiger partial charge in [-0.25, -0.2) is 9.97 Å². The molecule has 2 aromatic heterocycles. The lowest BCUT2D eigenvalue weighted by atomic mass is 9.92. The highest BCUT2D eigenvalue weighted by Crippen LogP contribution is 2.41. The van der Waals surface area contributed by atoms with Crippen LogP contribution in [0.2, 0.25) is 0 Å². The molecule has 7 aromatic carbocycles. The fraction of sp³-hybridized carbons (Fsp3) is 0.0400. The molecule has 0 N–H and O–H groups in total. The van der Waals surface area contributed by atoms with E-state index in [1.807, 2.05) is 0 Å². The molecule has 0 saturated carbocycles. The summed E-state index contributed by atoms with van der Waals surface area (Å²) in [5, 5.41) is 2.16. The third-order valence-electron chi connectivity index (χ3n) is 10.2. The molecule has 0 radical (unpaired) electrons. The minimum absolute atomic E-state index is 0.897. The standard InChI is InChI=1S/C50H36N2/c1-33-23-25-39(35-15-7-3-8-16-35)29-43(33)47-31-45(37-19-11-5-12-20-37)41-27-28-42-46(38-21-13-6-14-22-38)32-48(52-50(42)49(41)51-47)44-30-40(26-24-34(44)2)36-17-9-4-10-18-36/h3-32H,1-2H3. The van der Waals surface area contributed by atoms with Crippen LogP contribution in [0.25, 0.3) is 88.8 Å². The summed E-state index contributed by atoms with van der Waals surface area (Å²) in [7, 11) is 0. The molecule has 0 aliphatic rings. The van der Waals surface area contributed by atoms with Crippen LogP contribution in [0.15, 0.2) is 182 Å². The number of aryl methyl sites for hydroxylation is 2. The van der Waals surface area contributed by atoms with E-state index in [-0.39, 0.29) is 0 Å². The largest absolute Gasteiger partial charge is 0.245 e. The Morgan fingerprint density at radius 1 is 0.288 bits per heavy atom. The third kappa shape index (κ3) is 5.75. The van der Waals surface area contributed by atoms with Crippen LogP contribution in [0, 0.1) is 13.8 Å². The summed E-state index contributed by atoms with van der Waals surface area (Å²) in [4.78, 5) is 11.1. The third-order valence-corrected chi connectivity index (χ3v) is 10.2. The summed E-state index contributed by atoms with van der Waals surface area (Å²) in [6.07, 6.45) is 0. The highest BCUT2D eigenvalue weighted by atomic mass is 14.8. The molecule has 2 nitrogen and oxygen atoms in total. The summed E-state index contributed by atoms with van der Waals surface area (Å²) in [5.74, 6) is 0. The Morgan fingerprint density at radius 2 is 0.635 bits per heavy atom. The van der Waals surface area contributed by atoms with E-state index >= 15 is 0 Å². The van der Waals surface area contributed by atoms with Crippen LogP contribution in [-0.2, 0) is 0 Å². The van der Waals surface area contributed by atoms with Crippen molar-refractivity contribution in [2.75, 3.05) is 0 Å². The average Bonchev–Trinajstić information content (AvgIpc) is 3.21. The topological polar surface area (TPSA) is 25.8 Å². The van der Waals surface area contributed by atoms with Gasteiger partial charge in [0.25, 0.3) is 0 Å². The van der Waals surface area contributed by atoms with E-state index in [4.69, 9.17) is 9.97 Å². The van der Waals surface area contributed by atoms with E-state index in [9.17, 15) is 0 Å². The number of hydrogen-bond donors (Lipinski definition) is 0. The van der Waals surface area contributed by atoms with Crippen LogP contribution >= 0.6 is 0 Å². The molecule has 0 aliphatic heterocycles. The summed E-state index contributed by atoms with van der Waals surface area (Å²) >= 11 is 0. The number of hydrogen-bond acceptors (Lipinski definition) is 2. The monoisotopic (exact) mass is 664 g/mol. The Labute approximate surface area is 304 Å². The zero-order valence-corrected chi connectivity index (χ0v) is 29.2. The summed E-state index contributed by atoms with van der Waals surface area (Å²) < 4.78 is 0. The first kappa shape index (κ1) is 31.3. The van der Waals surface area contributed by atoms with Crippen molar-refractivity contribution >= 4 is 21.8 Å². The molecule has 0 amide bonds. The van der Waals surface area contributed by atoms with Crippen molar-refractivity contribution in [3.8, 4) is 67.0 Å². The fourth-order valence-corrected chi connectivity index (χ4v) is 7.38. The molecular formula is C50H36N2. The molecule has 52 heavy (non-hydrogen) atoms. The Balaban J connectivity index is 1.36. The predicted octanol–water partition coefficient (Wildman–Crippen LogP) is 13.4. The molecule has 0 bridgehead atoms. The van der Waals surface area contributed by atoms with Gasteiger partial charge in [0.1, 0.15) is 0 Å². The number of pyridine rings is 2. The molecule has 9 aromatic rings. The molecule has 2 heteroatoms. The summed E-state index contributed by atoms with van der Waals surface area (Å²) in [6, 6.07) is 64.8. The van der Waals surface area contributed by atoms with Crippen LogP contribution in [0.4, 0.5) is 0 Å². The van der Waals surface area contributed by atoms with Gasteiger partial charge in [0, 0.05) is 21.9 Å². The zero-order chi connectivity index (χ0) is 35.0. The van der Waals surface area contributed by atoms with Crippen LogP contribution in [0.5, 0.6) is 0 Å². The molecule has 9 rings (SSSR count). The molecule has 0 unspecified atom stereocenters. The van der Waals surface area contributed by atoms with Crippen LogP contribution in [-0.4, -0.2) is 9.97 Å². The number of benzene rings is 7. The van der Waals surface area contributed by atoms with E-state index in [1.165, 1.54) is 33.4 Å². The molecule has 246 valence electrons. The minimum Gasteiger partial charge on any atom is -0.245 e. The molecule has 0 fully saturated rings. The second kappa shape index (κ2) is 13.2. The van der Waals surface area contributed by atoms with Crippen LogP contribution in [0.3, 0.4) is 0 Å². The average molecular weight is 665 g/mol. The Kier molecular flexibility index (Phi) is 7.98. The first-order valence-electron chi connectivity index (χ1n) is 17.8. The second-order valence-electron chi connectivity index (χ2n) is 13.5. The van der Waals surface area contributed by atoms with Crippen molar-refractivity contribution < 1.29 is 0 Å². The normalized spacial score (nSPS) is 11.3. The van der Waals surface area contributed by atoms with Crippen LogP contribution < -0.4 is 0 Å². The highest BCUT2D eigenvalue weighted by Gasteiger charge is 2.19. The Bertz CT molecular complexity index is 2530. The lowest BCUT2D eigenvalue weighted by molar-refractivity contribution is 1.33. The summed E-state index contributed by atoms with van der Waals surface area (Å²) in [5.41, 5.74) is 17.5. The fourth-order valence-electron chi connectivity index (χ4n) is 7.38. The quantitative estimate of drug-likeness (QED) is 0.165. The number of rotatable bonds is 6. The van der Waals surface area contributed by atoms with Crippen molar-refractivity contribution in [2.24, 2.45) is 0 Å². The number of fused-ring (bicyclic) bond motifs is 3. The Morgan fingerprint density at radius 3 is 1.00 bits per heavy atom. The molecule has 2 heterocycles. The molecular weight excluding hydrogens is 629 g/mol. The lowest BCUT2D eigenvalue weighted by Gasteiger charge is -2.17. The van der Waals surface area contributed by atoms with Gasteiger partial charge >= 0.3 is 0 Å². The van der Waals surface area contributed by atoms with Crippen molar-refractivity contribution in [3.63, 3.8) is 0 Å². The molecule has 0 saturated heterocycles. The smallest absolute Gasteiger partial charge is 0.0978 e. The maximum atomic E-state index is 5.55. The zero-order valence-electron chi connectivity index (χ0n) is 29.2. The van der Waals surface area contributed by atoms with Crippen LogP contribution in [0.1, 0.15) is 11.1 Å². The number of aromatic nitrogens is 2. The van der Waals surface area contributed by atoms with Gasteiger partial charge in [-0.05, 0) is 93.7 Å². The van der Waals surface area contributed by atoms with E-state index in [0.717, 1.165) is 66.6 Å². The van der Waals surface area contributed by atoms with Crippen molar-refractivity contribution in [3.05, 3.63) is 193 Å². The van der Waals surface area contributed by atoms with Gasteiger partial charge in [-0.3, -0.25) is 0 Å². The predicted molar refractivity (Wildman–Crippen MR) is 219 cm³/mol. The van der Waals surface area contributed by atoms with Gasteiger partial charge in [0.15, 0.2) is 0 Å². The van der Waals surface area contributed by atoms with E-state index in [2.05, 4.69) is 196 Å². The summed E-state index contributed by atoms with van der Waals surface area (Å²) in [6.45, 7) is 4.35. The SMILES string of the molecule is Cc1ccc(-c2ccccc2)cc1-c1cc(-c2ccccc2)c2ccc3c(-c4ccccc4)cc(-c4cc(-c5ccccc5)ccc4C)nc3c2n1.